The van der Waals surface area contributed by atoms with Gasteiger partial charge >= 0.3 is 0 Å². The molecule has 0 N–H and O–H groups in total. The molecule has 0 radical (unpaired) electrons. The van der Waals surface area contributed by atoms with Gasteiger partial charge in [0.1, 0.15) is 0 Å². The van der Waals surface area contributed by atoms with Gasteiger partial charge in [0.2, 0.25) is 0 Å². The molecule has 0 aliphatic heterocycles. The summed E-state index contributed by atoms with van der Waals surface area (Å²) in [6, 6.07) is 5.86. The van der Waals surface area contributed by atoms with Crippen LogP contribution in [-0.2, 0) is 0 Å². The van der Waals surface area contributed by atoms with Gasteiger partial charge in [0, 0.05) is 11.9 Å². The second-order valence-electron chi connectivity index (χ2n) is 2.87. The molecule has 0 spiro atoms. The van der Waals surface area contributed by atoms with Crippen molar-refractivity contribution in [3.05, 3.63) is 42.2 Å². The predicted octanol–water partition coefficient (Wildman–Crippen LogP) is 3.12. The Morgan fingerprint density at radius 1 is 1.17 bits per heavy atom. The van der Waals surface area contributed by atoms with E-state index in [-0.39, 0.29) is 0 Å². The lowest BCUT2D eigenvalue weighted by molar-refractivity contribution is 0.929. The molecule has 1 nitrogen and oxygen atoms in total. The molecule has 0 atom stereocenters. The van der Waals surface area contributed by atoms with Gasteiger partial charge in [-0.1, -0.05) is 18.2 Å². The van der Waals surface area contributed by atoms with Crippen molar-refractivity contribution in [2.45, 2.75) is 26.2 Å². The predicted molar refractivity (Wildman–Crippen MR) is 52.0 cm³/mol. The molecule has 1 aromatic rings. The molecular weight excluding hydrogens is 146 g/mol. The number of hydrogen-bond acceptors (Lipinski definition) is 1. The van der Waals surface area contributed by atoms with Gasteiger partial charge in [-0.05, 0) is 38.3 Å². The molecular formula is C11H15N. The summed E-state index contributed by atoms with van der Waals surface area (Å²) in [5.74, 6) is 0. The summed E-state index contributed by atoms with van der Waals surface area (Å²) in [4.78, 5) is 3.98. The van der Waals surface area contributed by atoms with Crippen LogP contribution in [-0.4, -0.2) is 4.98 Å². The first kappa shape index (κ1) is 8.98. The Labute approximate surface area is 74.2 Å². The third-order valence-electron chi connectivity index (χ3n) is 1.72. The highest BCUT2D eigenvalue weighted by Crippen LogP contribution is 2.05. The quantitative estimate of drug-likeness (QED) is 0.533. The second kappa shape index (κ2) is 5.53. The van der Waals surface area contributed by atoms with Gasteiger partial charge in [-0.2, -0.15) is 0 Å². The summed E-state index contributed by atoms with van der Waals surface area (Å²) in [7, 11) is 0. The SMILES string of the molecule is C1=CCCC1.Cc1ccccn1. The van der Waals surface area contributed by atoms with Gasteiger partial charge in [0.05, 0.1) is 0 Å². The Hall–Kier alpha value is -1.11. The van der Waals surface area contributed by atoms with Gasteiger partial charge in [-0.3, -0.25) is 4.98 Å². The Morgan fingerprint density at radius 3 is 2.17 bits per heavy atom. The molecule has 2 rings (SSSR count). The smallest absolute Gasteiger partial charge is 0.0372 e. The van der Waals surface area contributed by atoms with Gasteiger partial charge in [-0.25, -0.2) is 0 Å². The molecule has 0 amide bonds. The lowest BCUT2D eigenvalue weighted by Crippen LogP contribution is -1.72. The van der Waals surface area contributed by atoms with Crippen molar-refractivity contribution in [2.75, 3.05) is 0 Å². The van der Waals surface area contributed by atoms with Gasteiger partial charge in [-0.15, -0.1) is 0 Å². The summed E-state index contributed by atoms with van der Waals surface area (Å²) in [6.45, 7) is 1.97. The lowest BCUT2D eigenvalue weighted by atomic mass is 10.4. The molecule has 0 fully saturated rings. The van der Waals surface area contributed by atoms with E-state index in [0.717, 1.165) is 5.69 Å². The Balaban J connectivity index is 0.000000127. The number of hydrogen-bond donors (Lipinski definition) is 0. The molecule has 1 heterocycles. The van der Waals surface area contributed by atoms with Crippen LogP contribution in [0.1, 0.15) is 25.0 Å². The van der Waals surface area contributed by atoms with E-state index in [0.29, 0.717) is 0 Å². The van der Waals surface area contributed by atoms with E-state index in [2.05, 4.69) is 17.1 Å². The number of aromatic nitrogens is 1. The van der Waals surface area contributed by atoms with E-state index in [1.165, 1.54) is 19.3 Å². The molecule has 64 valence electrons. The van der Waals surface area contributed by atoms with Gasteiger partial charge in [0.15, 0.2) is 0 Å². The van der Waals surface area contributed by atoms with Crippen LogP contribution in [0.15, 0.2) is 36.5 Å². The van der Waals surface area contributed by atoms with E-state index in [1.54, 1.807) is 6.20 Å². The minimum Gasteiger partial charge on any atom is -0.262 e. The maximum Gasteiger partial charge on any atom is 0.0372 e. The first-order valence-electron chi connectivity index (χ1n) is 4.42. The van der Waals surface area contributed by atoms with E-state index in [1.807, 2.05) is 25.1 Å². The van der Waals surface area contributed by atoms with Crippen LogP contribution < -0.4 is 0 Å². The van der Waals surface area contributed by atoms with Crippen molar-refractivity contribution in [1.82, 2.24) is 4.98 Å². The van der Waals surface area contributed by atoms with Crippen LogP contribution in [0.2, 0.25) is 0 Å². The van der Waals surface area contributed by atoms with Crippen LogP contribution in [0.25, 0.3) is 0 Å². The zero-order valence-electron chi connectivity index (χ0n) is 7.53. The van der Waals surface area contributed by atoms with Crippen molar-refractivity contribution in [2.24, 2.45) is 0 Å². The number of aryl methyl sites for hydroxylation is 1. The second-order valence-corrected chi connectivity index (χ2v) is 2.87. The highest BCUT2D eigenvalue weighted by molar-refractivity contribution is 4.99. The maximum atomic E-state index is 3.98. The van der Waals surface area contributed by atoms with Crippen molar-refractivity contribution in [3.63, 3.8) is 0 Å². The fourth-order valence-electron chi connectivity index (χ4n) is 1.04. The summed E-state index contributed by atoms with van der Waals surface area (Å²) in [5.41, 5.74) is 1.07. The number of allylic oxidation sites excluding steroid dienone is 2. The van der Waals surface area contributed by atoms with E-state index in [4.69, 9.17) is 0 Å². The van der Waals surface area contributed by atoms with Crippen LogP contribution in [0, 0.1) is 6.92 Å². The molecule has 0 saturated carbocycles. The number of nitrogens with zero attached hydrogens (tertiary/aromatic N) is 1. The lowest BCUT2D eigenvalue weighted by Gasteiger charge is -1.82. The summed E-state index contributed by atoms with van der Waals surface area (Å²) in [5, 5.41) is 0. The Morgan fingerprint density at radius 2 is 1.92 bits per heavy atom. The van der Waals surface area contributed by atoms with Crippen molar-refractivity contribution >= 4 is 0 Å². The monoisotopic (exact) mass is 161 g/mol. The average molecular weight is 161 g/mol. The maximum absolute atomic E-state index is 3.98. The summed E-state index contributed by atoms with van der Waals surface area (Å²) >= 11 is 0. The highest BCUT2D eigenvalue weighted by Gasteiger charge is 1.84. The first-order chi connectivity index (χ1) is 5.89. The van der Waals surface area contributed by atoms with Crippen LogP contribution >= 0.6 is 0 Å². The molecule has 1 aliphatic carbocycles. The summed E-state index contributed by atoms with van der Waals surface area (Å²) in [6.07, 6.45) is 10.3. The van der Waals surface area contributed by atoms with E-state index >= 15 is 0 Å². The fourth-order valence-corrected chi connectivity index (χ4v) is 1.04. The Bertz CT molecular complexity index is 220. The molecule has 0 saturated heterocycles. The fraction of sp³-hybridized carbons (Fsp3) is 0.364. The van der Waals surface area contributed by atoms with Gasteiger partial charge < -0.3 is 0 Å². The molecule has 1 aliphatic rings. The van der Waals surface area contributed by atoms with E-state index < -0.39 is 0 Å². The molecule has 0 bridgehead atoms. The Kier molecular flexibility index (Phi) is 4.14. The summed E-state index contributed by atoms with van der Waals surface area (Å²) < 4.78 is 0. The largest absolute Gasteiger partial charge is 0.262 e. The number of pyridine rings is 1. The zero-order chi connectivity index (χ0) is 8.65. The van der Waals surface area contributed by atoms with Crippen LogP contribution in [0.4, 0.5) is 0 Å². The van der Waals surface area contributed by atoms with Crippen molar-refractivity contribution in [3.8, 4) is 0 Å². The van der Waals surface area contributed by atoms with E-state index in [9.17, 15) is 0 Å². The molecule has 1 heteroatoms. The normalized spacial score (nSPS) is 13.8. The topological polar surface area (TPSA) is 12.9 Å². The number of rotatable bonds is 0. The average Bonchev–Trinajstić information content (AvgIpc) is 2.62. The van der Waals surface area contributed by atoms with Crippen molar-refractivity contribution in [1.29, 1.82) is 0 Å². The van der Waals surface area contributed by atoms with Gasteiger partial charge in [0.25, 0.3) is 0 Å². The third-order valence-corrected chi connectivity index (χ3v) is 1.72. The molecule has 1 aromatic heterocycles. The first-order valence-corrected chi connectivity index (χ1v) is 4.42. The minimum absolute atomic E-state index is 1.07. The highest BCUT2D eigenvalue weighted by atomic mass is 14.6. The molecule has 12 heavy (non-hydrogen) atoms. The molecule has 0 unspecified atom stereocenters. The van der Waals surface area contributed by atoms with Crippen molar-refractivity contribution < 1.29 is 0 Å². The third kappa shape index (κ3) is 3.91. The molecule has 0 aromatic carbocycles. The standard InChI is InChI=1S/C6H7N.C5H8/c1-6-4-2-3-5-7-6;1-2-4-5-3-1/h2-5H,1H3;1-2H,3-5H2. The minimum atomic E-state index is 1.07. The zero-order valence-corrected chi connectivity index (χ0v) is 7.53. The van der Waals surface area contributed by atoms with Crippen LogP contribution in [0.3, 0.4) is 0 Å². The van der Waals surface area contributed by atoms with Crippen LogP contribution in [0.5, 0.6) is 0 Å².